The molecule has 0 bridgehead atoms. The molecular weight excluding hydrogens is 310 g/mol. The van der Waals surface area contributed by atoms with Gasteiger partial charge in [0.25, 0.3) is 0 Å². The van der Waals surface area contributed by atoms with Gasteiger partial charge in [-0.15, -0.1) is 11.6 Å². The number of carbonyl (C=O) groups is 2. The molecule has 0 radical (unpaired) electrons. The van der Waals surface area contributed by atoms with Gasteiger partial charge in [-0.05, 0) is 20.3 Å². The van der Waals surface area contributed by atoms with Gasteiger partial charge >= 0.3 is 11.9 Å². The molecule has 0 saturated carbocycles. The number of alkyl halides is 1. The van der Waals surface area contributed by atoms with Crippen molar-refractivity contribution in [2.75, 3.05) is 24.8 Å². The largest absolute Gasteiger partial charge is 0.466 e. The zero-order valence-corrected chi connectivity index (χ0v) is 13.1. The molecule has 0 aliphatic heterocycles. The Morgan fingerprint density at radius 3 is 2.30 bits per heavy atom. The van der Waals surface area contributed by atoms with Gasteiger partial charge in [0, 0.05) is 5.88 Å². The van der Waals surface area contributed by atoms with Crippen molar-refractivity contribution in [1.82, 2.24) is 4.72 Å². The van der Waals surface area contributed by atoms with E-state index < -0.39 is 34.4 Å². The molecule has 9 heteroatoms. The van der Waals surface area contributed by atoms with Gasteiger partial charge in [-0.2, -0.15) is 0 Å². The van der Waals surface area contributed by atoms with Gasteiger partial charge in [-0.3, -0.25) is 9.59 Å². The second-order valence-corrected chi connectivity index (χ2v) is 6.04. The SMILES string of the molecule is CCOC(=O)CC(NS(=O)(=O)CCCCl)C(=O)OCC. The molecule has 0 rings (SSSR count). The van der Waals surface area contributed by atoms with E-state index >= 15 is 0 Å². The first-order chi connectivity index (χ1) is 9.36. The molecule has 0 amide bonds. The zero-order valence-electron chi connectivity index (χ0n) is 11.6. The van der Waals surface area contributed by atoms with Crippen molar-refractivity contribution in [3.05, 3.63) is 0 Å². The molecule has 0 aliphatic carbocycles. The number of ether oxygens (including phenoxy) is 2. The minimum atomic E-state index is -3.71. The van der Waals surface area contributed by atoms with Crippen molar-refractivity contribution < 1.29 is 27.5 Å². The molecule has 0 saturated heterocycles. The first-order valence-electron chi connectivity index (χ1n) is 6.24. The second kappa shape index (κ2) is 9.95. The van der Waals surface area contributed by atoms with Gasteiger partial charge in [0.2, 0.25) is 10.0 Å². The second-order valence-electron chi connectivity index (χ2n) is 3.79. The molecule has 0 aliphatic rings. The van der Waals surface area contributed by atoms with Crippen molar-refractivity contribution in [1.29, 1.82) is 0 Å². The number of hydrogen-bond donors (Lipinski definition) is 1. The third-order valence-electron chi connectivity index (χ3n) is 2.12. The maximum absolute atomic E-state index is 11.7. The van der Waals surface area contributed by atoms with E-state index in [1.54, 1.807) is 13.8 Å². The van der Waals surface area contributed by atoms with E-state index in [0.29, 0.717) is 0 Å². The first-order valence-corrected chi connectivity index (χ1v) is 8.43. The first kappa shape index (κ1) is 19.1. The van der Waals surface area contributed by atoms with E-state index in [1.807, 2.05) is 0 Å². The van der Waals surface area contributed by atoms with E-state index in [-0.39, 0.29) is 31.3 Å². The van der Waals surface area contributed by atoms with Crippen molar-refractivity contribution in [2.45, 2.75) is 32.7 Å². The Labute approximate surface area is 124 Å². The normalized spacial score (nSPS) is 12.8. The predicted octanol–water partition coefficient (Wildman–Crippen LogP) is 0.420. The van der Waals surface area contributed by atoms with Crippen LogP contribution in [0.25, 0.3) is 0 Å². The lowest BCUT2D eigenvalue weighted by Crippen LogP contribution is -2.44. The molecule has 20 heavy (non-hydrogen) atoms. The molecular formula is C11H20ClNO6S. The number of hydrogen-bond acceptors (Lipinski definition) is 6. The molecule has 0 spiro atoms. The molecule has 7 nitrogen and oxygen atoms in total. The van der Waals surface area contributed by atoms with Crippen LogP contribution < -0.4 is 4.72 Å². The van der Waals surface area contributed by atoms with Gasteiger partial charge < -0.3 is 9.47 Å². The number of nitrogens with one attached hydrogen (secondary N) is 1. The fourth-order valence-electron chi connectivity index (χ4n) is 1.32. The highest BCUT2D eigenvalue weighted by atomic mass is 35.5. The van der Waals surface area contributed by atoms with E-state index in [1.165, 1.54) is 0 Å². The Balaban J connectivity index is 4.76. The number of rotatable bonds is 10. The Kier molecular flexibility index (Phi) is 9.52. The third kappa shape index (κ3) is 8.34. The summed E-state index contributed by atoms with van der Waals surface area (Å²) in [5, 5.41) is 0. The minimum Gasteiger partial charge on any atom is -0.466 e. The average molecular weight is 330 g/mol. The fourth-order valence-corrected chi connectivity index (χ4v) is 2.87. The van der Waals surface area contributed by atoms with Crippen LogP contribution in [0.5, 0.6) is 0 Å². The summed E-state index contributed by atoms with van der Waals surface area (Å²) in [6, 6.07) is -1.28. The Bertz CT molecular complexity index is 411. The van der Waals surface area contributed by atoms with E-state index in [2.05, 4.69) is 4.72 Å². The standard InChI is InChI=1S/C11H20ClNO6S/c1-3-18-10(14)8-9(11(15)19-4-2)13-20(16,17)7-5-6-12/h9,13H,3-8H2,1-2H3. The lowest BCUT2D eigenvalue weighted by atomic mass is 10.2. The fraction of sp³-hybridized carbons (Fsp3) is 0.818. The molecule has 0 heterocycles. The highest BCUT2D eigenvalue weighted by Gasteiger charge is 2.28. The Morgan fingerprint density at radius 2 is 1.80 bits per heavy atom. The van der Waals surface area contributed by atoms with Crippen LogP contribution in [0.4, 0.5) is 0 Å². The lowest BCUT2D eigenvalue weighted by Gasteiger charge is -2.16. The summed E-state index contributed by atoms with van der Waals surface area (Å²) < 4.78 is 35.0. The highest BCUT2D eigenvalue weighted by molar-refractivity contribution is 7.89. The van der Waals surface area contributed by atoms with Crippen LogP contribution in [0.3, 0.4) is 0 Å². The van der Waals surface area contributed by atoms with Gasteiger partial charge in [0.15, 0.2) is 0 Å². The Hall–Kier alpha value is -0.860. The van der Waals surface area contributed by atoms with Crippen LogP contribution in [0, 0.1) is 0 Å². The number of carbonyl (C=O) groups excluding carboxylic acids is 2. The van der Waals surface area contributed by atoms with Crippen molar-refractivity contribution in [3.8, 4) is 0 Å². The summed E-state index contributed by atoms with van der Waals surface area (Å²) >= 11 is 5.42. The molecule has 118 valence electrons. The quantitative estimate of drug-likeness (QED) is 0.460. The maximum Gasteiger partial charge on any atom is 0.324 e. The third-order valence-corrected chi connectivity index (χ3v) is 3.85. The summed E-state index contributed by atoms with van der Waals surface area (Å²) in [7, 11) is -3.71. The lowest BCUT2D eigenvalue weighted by molar-refractivity contribution is -0.151. The minimum absolute atomic E-state index is 0.0849. The summed E-state index contributed by atoms with van der Waals surface area (Å²) in [5.41, 5.74) is 0. The van der Waals surface area contributed by atoms with Gasteiger partial charge in [-0.1, -0.05) is 0 Å². The van der Waals surface area contributed by atoms with Gasteiger partial charge in [-0.25, -0.2) is 13.1 Å². The Morgan fingerprint density at radius 1 is 1.20 bits per heavy atom. The monoisotopic (exact) mass is 329 g/mol. The van der Waals surface area contributed by atoms with Crippen molar-refractivity contribution >= 4 is 33.6 Å². The molecule has 0 aromatic carbocycles. The van der Waals surface area contributed by atoms with Crippen LogP contribution in [-0.2, 0) is 29.1 Å². The van der Waals surface area contributed by atoms with Crippen LogP contribution >= 0.6 is 11.6 Å². The molecule has 0 aromatic heterocycles. The maximum atomic E-state index is 11.7. The molecule has 1 unspecified atom stereocenters. The summed E-state index contributed by atoms with van der Waals surface area (Å²) in [4.78, 5) is 23.0. The number of esters is 2. The van der Waals surface area contributed by atoms with Gasteiger partial charge in [0.05, 0.1) is 25.4 Å². The predicted molar refractivity (Wildman–Crippen MR) is 73.9 cm³/mol. The smallest absolute Gasteiger partial charge is 0.324 e. The highest BCUT2D eigenvalue weighted by Crippen LogP contribution is 2.03. The van der Waals surface area contributed by atoms with Crippen LogP contribution in [-0.4, -0.2) is 51.2 Å². The number of halogens is 1. The zero-order chi connectivity index (χ0) is 15.6. The summed E-state index contributed by atoms with van der Waals surface area (Å²) in [6.07, 6.45) is -0.168. The topological polar surface area (TPSA) is 98.8 Å². The van der Waals surface area contributed by atoms with Crippen molar-refractivity contribution in [2.24, 2.45) is 0 Å². The molecule has 0 fully saturated rings. The summed E-state index contributed by atoms with van der Waals surface area (Å²) in [5.74, 6) is -1.53. The van der Waals surface area contributed by atoms with Gasteiger partial charge in [0.1, 0.15) is 6.04 Å². The summed E-state index contributed by atoms with van der Waals surface area (Å²) in [6.45, 7) is 3.43. The van der Waals surface area contributed by atoms with Crippen LogP contribution in [0.2, 0.25) is 0 Å². The average Bonchev–Trinajstić information content (AvgIpc) is 2.36. The van der Waals surface area contributed by atoms with E-state index in [0.717, 1.165) is 0 Å². The van der Waals surface area contributed by atoms with Crippen LogP contribution in [0.15, 0.2) is 0 Å². The number of sulfonamides is 1. The van der Waals surface area contributed by atoms with E-state index in [9.17, 15) is 18.0 Å². The van der Waals surface area contributed by atoms with Crippen LogP contribution in [0.1, 0.15) is 26.7 Å². The molecule has 1 atom stereocenters. The molecule has 1 N–H and O–H groups in total. The molecule has 0 aromatic rings. The van der Waals surface area contributed by atoms with E-state index in [4.69, 9.17) is 21.1 Å². The van der Waals surface area contributed by atoms with Crippen molar-refractivity contribution in [3.63, 3.8) is 0 Å².